The van der Waals surface area contributed by atoms with E-state index in [9.17, 15) is 19.3 Å². The van der Waals surface area contributed by atoms with Gasteiger partial charge in [-0.3, -0.25) is 14.9 Å². The average molecular weight is 375 g/mol. The van der Waals surface area contributed by atoms with Gasteiger partial charge >= 0.3 is 5.69 Å². The summed E-state index contributed by atoms with van der Waals surface area (Å²) in [6.07, 6.45) is 0. The van der Waals surface area contributed by atoms with Crippen LogP contribution >= 0.6 is 11.6 Å². The number of nitrogens with zero attached hydrogens (tertiary/aromatic N) is 1. The normalized spacial score (nSPS) is 10.6. The molecule has 1 heterocycles. The van der Waals surface area contributed by atoms with Gasteiger partial charge in [-0.25, -0.2) is 0 Å². The standard InChI is InChI=1S/C18H12ClFN2O4/c1-10-2-3-11(8-13(10)19)16-6-7-17(26-16)18(23)21-12-4-5-14(20)15(9-12)22(24)25/h2-9H,1H3,(H,21,23). The van der Waals surface area contributed by atoms with Gasteiger partial charge < -0.3 is 9.73 Å². The van der Waals surface area contributed by atoms with Gasteiger partial charge in [0.25, 0.3) is 5.91 Å². The Morgan fingerprint density at radius 3 is 2.65 bits per heavy atom. The first-order valence-corrected chi connectivity index (χ1v) is 7.84. The van der Waals surface area contributed by atoms with Crippen LogP contribution in [0.4, 0.5) is 15.8 Å². The molecular weight excluding hydrogens is 363 g/mol. The van der Waals surface area contributed by atoms with E-state index in [1.165, 1.54) is 12.1 Å². The number of nitro benzene ring substituents is 1. The van der Waals surface area contributed by atoms with Gasteiger partial charge in [-0.1, -0.05) is 23.7 Å². The lowest BCUT2D eigenvalue weighted by Crippen LogP contribution is -2.11. The van der Waals surface area contributed by atoms with E-state index in [1.807, 2.05) is 19.1 Å². The number of rotatable bonds is 4. The van der Waals surface area contributed by atoms with Crippen molar-refractivity contribution in [1.29, 1.82) is 0 Å². The number of anilines is 1. The van der Waals surface area contributed by atoms with Crippen LogP contribution in [-0.2, 0) is 0 Å². The molecule has 0 aliphatic rings. The molecule has 3 rings (SSSR count). The van der Waals surface area contributed by atoms with E-state index in [0.29, 0.717) is 16.3 Å². The molecule has 6 nitrogen and oxygen atoms in total. The Balaban J connectivity index is 1.81. The highest BCUT2D eigenvalue weighted by atomic mass is 35.5. The highest BCUT2D eigenvalue weighted by Gasteiger charge is 2.17. The van der Waals surface area contributed by atoms with E-state index < -0.39 is 22.3 Å². The first-order valence-electron chi connectivity index (χ1n) is 7.47. The Hall–Kier alpha value is -3.19. The molecule has 0 spiro atoms. The minimum Gasteiger partial charge on any atom is -0.451 e. The van der Waals surface area contributed by atoms with Crippen molar-refractivity contribution in [3.8, 4) is 11.3 Å². The summed E-state index contributed by atoms with van der Waals surface area (Å²) in [5, 5.41) is 13.8. The average Bonchev–Trinajstić information content (AvgIpc) is 3.09. The summed E-state index contributed by atoms with van der Waals surface area (Å²) in [6.45, 7) is 1.87. The van der Waals surface area contributed by atoms with E-state index in [2.05, 4.69) is 5.32 Å². The number of hydrogen-bond donors (Lipinski definition) is 1. The van der Waals surface area contributed by atoms with Gasteiger partial charge in [0.15, 0.2) is 5.76 Å². The number of carbonyl (C=O) groups is 1. The predicted octanol–water partition coefficient (Wildman–Crippen LogP) is 5.21. The van der Waals surface area contributed by atoms with Crippen LogP contribution in [0.1, 0.15) is 16.1 Å². The van der Waals surface area contributed by atoms with Crippen molar-refractivity contribution in [3.05, 3.63) is 80.8 Å². The predicted molar refractivity (Wildman–Crippen MR) is 94.9 cm³/mol. The fourth-order valence-corrected chi connectivity index (χ4v) is 2.46. The van der Waals surface area contributed by atoms with Crippen molar-refractivity contribution in [2.75, 3.05) is 5.32 Å². The van der Waals surface area contributed by atoms with Crippen molar-refractivity contribution >= 4 is 28.9 Å². The smallest absolute Gasteiger partial charge is 0.306 e. The number of nitro groups is 1. The lowest BCUT2D eigenvalue weighted by molar-refractivity contribution is -0.387. The highest BCUT2D eigenvalue weighted by molar-refractivity contribution is 6.31. The van der Waals surface area contributed by atoms with E-state index in [0.717, 1.165) is 17.7 Å². The summed E-state index contributed by atoms with van der Waals surface area (Å²) in [7, 11) is 0. The Morgan fingerprint density at radius 1 is 1.19 bits per heavy atom. The fraction of sp³-hybridized carbons (Fsp3) is 0.0556. The summed E-state index contributed by atoms with van der Waals surface area (Å²) in [6, 6.07) is 11.5. The molecule has 0 atom stereocenters. The number of benzene rings is 2. The molecule has 0 radical (unpaired) electrons. The second-order valence-electron chi connectivity index (χ2n) is 5.51. The third kappa shape index (κ3) is 3.57. The van der Waals surface area contributed by atoms with Crippen LogP contribution < -0.4 is 5.32 Å². The molecule has 0 aliphatic carbocycles. The Labute approximate surface area is 152 Å². The third-order valence-corrected chi connectivity index (χ3v) is 4.09. The number of halogens is 2. The Bertz CT molecular complexity index is 1020. The summed E-state index contributed by atoms with van der Waals surface area (Å²) in [5.74, 6) is -1.15. The molecule has 0 fully saturated rings. The Kier molecular flexibility index (Phi) is 4.73. The van der Waals surface area contributed by atoms with Crippen LogP contribution in [0.25, 0.3) is 11.3 Å². The maximum Gasteiger partial charge on any atom is 0.306 e. The van der Waals surface area contributed by atoms with Crippen LogP contribution in [0.3, 0.4) is 0 Å². The molecule has 26 heavy (non-hydrogen) atoms. The second-order valence-corrected chi connectivity index (χ2v) is 5.91. The highest BCUT2D eigenvalue weighted by Crippen LogP contribution is 2.27. The van der Waals surface area contributed by atoms with Crippen LogP contribution in [-0.4, -0.2) is 10.8 Å². The zero-order valence-electron chi connectivity index (χ0n) is 13.5. The SMILES string of the molecule is Cc1ccc(-c2ccc(C(=O)Nc3ccc(F)c([N+](=O)[O-])c3)o2)cc1Cl. The van der Waals surface area contributed by atoms with E-state index in [-0.39, 0.29) is 11.4 Å². The van der Waals surface area contributed by atoms with Gasteiger partial charge in [-0.05, 0) is 42.8 Å². The van der Waals surface area contributed by atoms with Gasteiger partial charge in [-0.15, -0.1) is 0 Å². The molecule has 132 valence electrons. The van der Waals surface area contributed by atoms with Crippen molar-refractivity contribution < 1.29 is 18.5 Å². The van der Waals surface area contributed by atoms with E-state index in [1.54, 1.807) is 12.1 Å². The van der Waals surface area contributed by atoms with Crippen molar-refractivity contribution in [1.82, 2.24) is 0 Å². The summed E-state index contributed by atoms with van der Waals surface area (Å²) in [5.41, 5.74) is 0.978. The number of amides is 1. The molecule has 8 heteroatoms. The van der Waals surface area contributed by atoms with Gasteiger partial charge in [-0.2, -0.15) is 4.39 Å². The lowest BCUT2D eigenvalue weighted by atomic mass is 10.1. The third-order valence-electron chi connectivity index (χ3n) is 3.69. The molecular formula is C18H12ClFN2O4. The first kappa shape index (κ1) is 17.6. The molecule has 0 aliphatic heterocycles. The molecule has 3 aromatic rings. The largest absolute Gasteiger partial charge is 0.451 e. The molecule has 1 amide bonds. The lowest BCUT2D eigenvalue weighted by Gasteiger charge is -2.04. The van der Waals surface area contributed by atoms with Crippen molar-refractivity contribution in [3.63, 3.8) is 0 Å². The maximum absolute atomic E-state index is 13.3. The Morgan fingerprint density at radius 2 is 1.96 bits per heavy atom. The number of carbonyl (C=O) groups excluding carboxylic acids is 1. The van der Waals surface area contributed by atoms with Gasteiger partial charge in [0.05, 0.1) is 4.92 Å². The van der Waals surface area contributed by atoms with Crippen molar-refractivity contribution in [2.45, 2.75) is 6.92 Å². The summed E-state index contributed by atoms with van der Waals surface area (Å²) < 4.78 is 18.9. The van der Waals surface area contributed by atoms with Gasteiger partial charge in [0, 0.05) is 22.3 Å². The molecule has 2 aromatic carbocycles. The van der Waals surface area contributed by atoms with Crippen LogP contribution in [0.2, 0.25) is 5.02 Å². The number of aryl methyl sites for hydroxylation is 1. The fourth-order valence-electron chi connectivity index (χ4n) is 2.28. The zero-order chi connectivity index (χ0) is 18.8. The molecule has 0 unspecified atom stereocenters. The van der Waals surface area contributed by atoms with Gasteiger partial charge in [0.2, 0.25) is 5.82 Å². The monoisotopic (exact) mass is 374 g/mol. The van der Waals surface area contributed by atoms with E-state index in [4.69, 9.17) is 16.0 Å². The number of hydrogen-bond acceptors (Lipinski definition) is 4. The summed E-state index contributed by atoms with van der Waals surface area (Å²) in [4.78, 5) is 22.2. The van der Waals surface area contributed by atoms with Gasteiger partial charge in [0.1, 0.15) is 5.76 Å². The first-order chi connectivity index (χ1) is 12.3. The zero-order valence-corrected chi connectivity index (χ0v) is 14.2. The molecule has 0 saturated heterocycles. The number of nitrogens with one attached hydrogen (secondary N) is 1. The van der Waals surface area contributed by atoms with E-state index >= 15 is 0 Å². The van der Waals surface area contributed by atoms with Crippen LogP contribution in [0.15, 0.2) is 52.9 Å². The minimum atomic E-state index is -0.982. The second kappa shape index (κ2) is 6.97. The quantitative estimate of drug-likeness (QED) is 0.502. The minimum absolute atomic E-state index is 0.00340. The molecule has 1 N–H and O–H groups in total. The summed E-state index contributed by atoms with van der Waals surface area (Å²) >= 11 is 6.09. The van der Waals surface area contributed by atoms with Crippen molar-refractivity contribution in [2.24, 2.45) is 0 Å². The van der Waals surface area contributed by atoms with Crippen LogP contribution in [0, 0.1) is 22.9 Å². The van der Waals surface area contributed by atoms with Crippen LogP contribution in [0.5, 0.6) is 0 Å². The molecule has 0 bridgehead atoms. The molecule has 0 saturated carbocycles. The molecule has 1 aromatic heterocycles. The topological polar surface area (TPSA) is 85.4 Å². The maximum atomic E-state index is 13.3. The number of furan rings is 1.